The molecule has 102 valence electrons. The number of H-pyrrole nitrogens is 1. The van der Waals surface area contributed by atoms with Crippen molar-refractivity contribution in [3.05, 3.63) is 30.0 Å². The van der Waals surface area contributed by atoms with Crippen molar-refractivity contribution in [2.24, 2.45) is 11.1 Å². The van der Waals surface area contributed by atoms with E-state index in [0.717, 1.165) is 16.7 Å². The average Bonchev–Trinajstić information content (AvgIpc) is 2.76. The number of Topliss-reactive ketones (excluding diaryl/α,β-unsaturated/α-hetero) is 1. The van der Waals surface area contributed by atoms with Gasteiger partial charge in [0.2, 0.25) is 0 Å². The maximum atomic E-state index is 12.2. The minimum absolute atomic E-state index is 0.105. The third-order valence-corrected chi connectivity index (χ3v) is 2.90. The third-order valence-electron chi connectivity index (χ3n) is 2.90. The lowest BCUT2D eigenvalue weighted by molar-refractivity contribution is 0.0854. The molecule has 4 heteroatoms. The molecule has 0 unspecified atom stereocenters. The fourth-order valence-electron chi connectivity index (χ4n) is 1.90. The smallest absolute Gasteiger partial charge is 0.184 e. The van der Waals surface area contributed by atoms with Gasteiger partial charge in [0, 0.05) is 22.9 Å². The Bertz CT molecular complexity index is 594. The molecule has 0 amide bonds. The van der Waals surface area contributed by atoms with Crippen molar-refractivity contribution in [3.8, 4) is 5.75 Å². The quantitative estimate of drug-likeness (QED) is 0.830. The fraction of sp³-hybridized carbons (Fsp3) is 0.400. The Morgan fingerprint density at radius 1 is 1.32 bits per heavy atom. The van der Waals surface area contributed by atoms with Crippen molar-refractivity contribution in [2.75, 3.05) is 13.2 Å². The number of fused-ring (bicyclic) bond motifs is 1. The van der Waals surface area contributed by atoms with Crippen LogP contribution in [0.1, 0.15) is 31.3 Å². The summed E-state index contributed by atoms with van der Waals surface area (Å²) in [6, 6.07) is 7.58. The topological polar surface area (TPSA) is 68.1 Å². The molecule has 2 rings (SSSR count). The first-order valence-corrected chi connectivity index (χ1v) is 6.42. The molecule has 0 spiro atoms. The summed E-state index contributed by atoms with van der Waals surface area (Å²) in [5, 5.41) is 0.974. The Labute approximate surface area is 112 Å². The van der Waals surface area contributed by atoms with Gasteiger partial charge in [-0.15, -0.1) is 0 Å². The highest BCUT2D eigenvalue weighted by atomic mass is 16.5. The number of nitrogens with one attached hydrogen (secondary N) is 1. The normalized spacial score (nSPS) is 11.8. The maximum absolute atomic E-state index is 12.2. The van der Waals surface area contributed by atoms with Crippen molar-refractivity contribution < 1.29 is 9.53 Å². The van der Waals surface area contributed by atoms with E-state index in [1.54, 1.807) is 0 Å². The number of carbonyl (C=O) groups is 1. The molecule has 1 aromatic carbocycles. The molecule has 1 heterocycles. The predicted molar refractivity (Wildman–Crippen MR) is 76.6 cm³/mol. The highest BCUT2D eigenvalue weighted by molar-refractivity contribution is 6.02. The minimum atomic E-state index is -0.389. The highest BCUT2D eigenvalue weighted by Crippen LogP contribution is 2.26. The van der Waals surface area contributed by atoms with Crippen LogP contribution in [-0.4, -0.2) is 23.9 Å². The molecule has 2 aromatic rings. The van der Waals surface area contributed by atoms with Crippen molar-refractivity contribution in [2.45, 2.75) is 20.8 Å². The van der Waals surface area contributed by atoms with Gasteiger partial charge in [-0.25, -0.2) is 0 Å². The van der Waals surface area contributed by atoms with Crippen molar-refractivity contribution in [3.63, 3.8) is 0 Å². The van der Waals surface area contributed by atoms with Crippen LogP contribution in [0.5, 0.6) is 5.75 Å². The molecule has 0 saturated carbocycles. The summed E-state index contributed by atoms with van der Waals surface area (Å²) < 4.78 is 5.48. The van der Waals surface area contributed by atoms with E-state index in [2.05, 4.69) is 4.98 Å². The largest absolute Gasteiger partial charge is 0.492 e. The lowest BCUT2D eigenvalue weighted by atomic mass is 9.89. The van der Waals surface area contributed by atoms with E-state index in [9.17, 15) is 4.79 Å². The van der Waals surface area contributed by atoms with E-state index in [4.69, 9.17) is 10.5 Å². The zero-order valence-electron chi connectivity index (χ0n) is 11.6. The number of rotatable bonds is 4. The number of benzene rings is 1. The van der Waals surface area contributed by atoms with Crippen molar-refractivity contribution in [1.29, 1.82) is 0 Å². The van der Waals surface area contributed by atoms with Crippen LogP contribution in [0, 0.1) is 5.41 Å². The number of aromatic amines is 1. The molecular formula is C15H20N2O2. The number of ether oxygens (including phenoxy) is 1. The summed E-state index contributed by atoms with van der Waals surface area (Å²) >= 11 is 0. The van der Waals surface area contributed by atoms with Gasteiger partial charge in [-0.1, -0.05) is 20.8 Å². The van der Waals surface area contributed by atoms with Crippen LogP contribution < -0.4 is 10.5 Å². The van der Waals surface area contributed by atoms with Crippen LogP contribution >= 0.6 is 0 Å². The summed E-state index contributed by atoms with van der Waals surface area (Å²) in [7, 11) is 0. The number of carbonyl (C=O) groups excluding carboxylic acids is 1. The second-order valence-corrected chi connectivity index (χ2v) is 5.65. The van der Waals surface area contributed by atoms with Gasteiger partial charge >= 0.3 is 0 Å². The van der Waals surface area contributed by atoms with Crippen LogP contribution in [0.2, 0.25) is 0 Å². The number of hydrogen-bond donors (Lipinski definition) is 2. The molecule has 0 aliphatic heterocycles. The summed E-state index contributed by atoms with van der Waals surface area (Å²) in [5.41, 5.74) is 6.59. The molecule has 0 aliphatic carbocycles. The first-order valence-electron chi connectivity index (χ1n) is 6.42. The van der Waals surface area contributed by atoms with Gasteiger partial charge in [0.25, 0.3) is 0 Å². The van der Waals surface area contributed by atoms with Crippen LogP contribution in [0.25, 0.3) is 10.9 Å². The molecule has 1 aromatic heterocycles. The standard InChI is InChI=1S/C15H20N2O2/c1-15(2,3)14(18)13-9-10-8-11(19-7-6-16)4-5-12(10)17-13/h4-5,8-9,17H,6-7,16H2,1-3H3. The van der Waals surface area contributed by atoms with Crippen LogP contribution in [0.15, 0.2) is 24.3 Å². The monoisotopic (exact) mass is 260 g/mol. The second-order valence-electron chi connectivity index (χ2n) is 5.65. The van der Waals surface area contributed by atoms with Gasteiger partial charge in [-0.2, -0.15) is 0 Å². The SMILES string of the molecule is CC(C)(C)C(=O)c1cc2cc(OCCN)ccc2[nH]1. The predicted octanol–water partition coefficient (Wildman–Crippen LogP) is 2.73. The molecule has 3 N–H and O–H groups in total. The lowest BCUT2D eigenvalue weighted by Crippen LogP contribution is -2.20. The van der Waals surface area contributed by atoms with E-state index in [1.807, 2.05) is 45.0 Å². The van der Waals surface area contributed by atoms with Crippen molar-refractivity contribution in [1.82, 2.24) is 4.98 Å². The molecule has 0 bridgehead atoms. The van der Waals surface area contributed by atoms with Crippen LogP contribution in [0.3, 0.4) is 0 Å². The van der Waals surface area contributed by atoms with E-state index in [1.165, 1.54) is 0 Å². The summed E-state index contributed by atoms with van der Waals surface area (Å²) in [6.07, 6.45) is 0. The molecule has 0 fully saturated rings. The summed E-state index contributed by atoms with van der Waals surface area (Å²) in [4.78, 5) is 15.4. The molecule has 4 nitrogen and oxygen atoms in total. The average molecular weight is 260 g/mol. The minimum Gasteiger partial charge on any atom is -0.492 e. The Kier molecular flexibility index (Phi) is 3.62. The molecule has 19 heavy (non-hydrogen) atoms. The zero-order valence-corrected chi connectivity index (χ0v) is 11.6. The molecule has 0 atom stereocenters. The summed E-state index contributed by atoms with van der Waals surface area (Å²) in [6.45, 7) is 6.71. The number of nitrogens with two attached hydrogens (primary N) is 1. The van der Waals surface area contributed by atoms with E-state index in [-0.39, 0.29) is 11.2 Å². The molecular weight excluding hydrogens is 240 g/mol. The Hall–Kier alpha value is -1.81. The second kappa shape index (κ2) is 5.05. The number of aromatic nitrogens is 1. The van der Waals surface area contributed by atoms with Crippen molar-refractivity contribution >= 4 is 16.7 Å². The first-order chi connectivity index (χ1) is 8.91. The maximum Gasteiger partial charge on any atom is 0.184 e. The van der Waals surface area contributed by atoms with E-state index in [0.29, 0.717) is 18.8 Å². The molecule has 0 radical (unpaired) electrons. The molecule has 0 aliphatic rings. The Morgan fingerprint density at radius 3 is 2.68 bits per heavy atom. The number of hydrogen-bond acceptors (Lipinski definition) is 3. The van der Waals surface area contributed by atoms with Gasteiger partial charge in [0.15, 0.2) is 5.78 Å². The van der Waals surface area contributed by atoms with Gasteiger partial charge < -0.3 is 15.5 Å². The van der Waals surface area contributed by atoms with Gasteiger partial charge in [0.05, 0.1) is 5.69 Å². The fourth-order valence-corrected chi connectivity index (χ4v) is 1.90. The third kappa shape index (κ3) is 2.96. The van der Waals surface area contributed by atoms with Gasteiger partial charge in [0.1, 0.15) is 12.4 Å². The van der Waals surface area contributed by atoms with Gasteiger partial charge in [-0.05, 0) is 24.3 Å². The number of ketones is 1. The Balaban J connectivity index is 2.33. The van der Waals surface area contributed by atoms with Crippen LogP contribution in [-0.2, 0) is 0 Å². The van der Waals surface area contributed by atoms with Gasteiger partial charge in [-0.3, -0.25) is 4.79 Å². The molecule has 0 saturated heterocycles. The highest BCUT2D eigenvalue weighted by Gasteiger charge is 2.24. The van der Waals surface area contributed by atoms with E-state index >= 15 is 0 Å². The van der Waals surface area contributed by atoms with Crippen LogP contribution in [0.4, 0.5) is 0 Å². The Morgan fingerprint density at radius 2 is 2.05 bits per heavy atom. The summed E-state index contributed by atoms with van der Waals surface area (Å²) in [5.74, 6) is 0.875. The van der Waals surface area contributed by atoms with E-state index < -0.39 is 0 Å². The zero-order chi connectivity index (χ0) is 14.0. The lowest BCUT2D eigenvalue weighted by Gasteiger charge is -2.14. The first kappa shape index (κ1) is 13.6.